The van der Waals surface area contributed by atoms with Gasteiger partial charge in [0, 0.05) is 31.6 Å². The first-order valence-corrected chi connectivity index (χ1v) is 11.1. The minimum atomic E-state index is -3.67. The largest absolute Gasteiger partial charge is 0.508 e. The Kier molecular flexibility index (Phi) is 8.37. The predicted octanol–water partition coefficient (Wildman–Crippen LogP) is 1.61. The molecule has 0 atom stereocenters. The van der Waals surface area contributed by atoms with Crippen LogP contribution in [0.1, 0.15) is 34.3 Å². The SMILES string of the molecule is Cc1ccc(S(=O)(=O)NCCC(=O)NCCCNC(=O)c2cccc(O)c2)c(C)c1. The van der Waals surface area contributed by atoms with Gasteiger partial charge in [0.2, 0.25) is 15.9 Å². The summed E-state index contributed by atoms with van der Waals surface area (Å²) < 4.78 is 27.1. The highest BCUT2D eigenvalue weighted by molar-refractivity contribution is 7.89. The number of hydrogen-bond acceptors (Lipinski definition) is 5. The van der Waals surface area contributed by atoms with Crippen molar-refractivity contribution in [3.05, 3.63) is 59.2 Å². The summed E-state index contributed by atoms with van der Waals surface area (Å²) in [6.07, 6.45) is 0.532. The number of sulfonamides is 1. The van der Waals surface area contributed by atoms with Crippen LogP contribution in [0.5, 0.6) is 5.75 Å². The van der Waals surface area contributed by atoms with Gasteiger partial charge in [0.25, 0.3) is 5.91 Å². The van der Waals surface area contributed by atoms with Crippen LogP contribution in [0.25, 0.3) is 0 Å². The number of aryl methyl sites for hydroxylation is 2. The second-order valence-corrected chi connectivity index (χ2v) is 8.66. The number of amides is 2. The van der Waals surface area contributed by atoms with E-state index in [9.17, 15) is 23.1 Å². The second kappa shape index (κ2) is 10.7. The van der Waals surface area contributed by atoms with E-state index in [1.165, 1.54) is 12.1 Å². The predicted molar refractivity (Wildman–Crippen MR) is 114 cm³/mol. The van der Waals surface area contributed by atoms with E-state index in [0.29, 0.717) is 30.6 Å². The van der Waals surface area contributed by atoms with Crippen molar-refractivity contribution in [1.82, 2.24) is 15.4 Å². The molecule has 0 spiro atoms. The Morgan fingerprint density at radius 2 is 1.70 bits per heavy atom. The number of phenolic OH excluding ortho intramolecular Hbond substituents is 1. The minimum Gasteiger partial charge on any atom is -0.508 e. The van der Waals surface area contributed by atoms with Gasteiger partial charge in [0.15, 0.2) is 0 Å². The van der Waals surface area contributed by atoms with Crippen LogP contribution in [0.3, 0.4) is 0 Å². The van der Waals surface area contributed by atoms with Crippen LogP contribution in [-0.2, 0) is 14.8 Å². The van der Waals surface area contributed by atoms with Crippen molar-refractivity contribution < 1.29 is 23.1 Å². The lowest BCUT2D eigenvalue weighted by atomic mass is 10.2. The number of hydrogen-bond donors (Lipinski definition) is 4. The summed E-state index contributed by atoms with van der Waals surface area (Å²) in [5.74, 6) is -0.571. The smallest absolute Gasteiger partial charge is 0.251 e. The van der Waals surface area contributed by atoms with Crippen LogP contribution in [0, 0.1) is 13.8 Å². The summed E-state index contributed by atoms with van der Waals surface area (Å²) in [6, 6.07) is 11.1. The van der Waals surface area contributed by atoms with Crippen molar-refractivity contribution in [1.29, 1.82) is 0 Å². The van der Waals surface area contributed by atoms with E-state index in [0.717, 1.165) is 5.56 Å². The zero-order valence-electron chi connectivity index (χ0n) is 17.1. The first-order chi connectivity index (χ1) is 14.2. The summed E-state index contributed by atoms with van der Waals surface area (Å²) in [5, 5.41) is 14.8. The molecule has 30 heavy (non-hydrogen) atoms. The van der Waals surface area contributed by atoms with E-state index in [-0.39, 0.29) is 35.4 Å². The van der Waals surface area contributed by atoms with Crippen molar-refractivity contribution in [2.75, 3.05) is 19.6 Å². The third-order valence-electron chi connectivity index (χ3n) is 4.33. The standard InChI is InChI=1S/C21H27N3O5S/c1-15-7-8-19(16(2)13-15)30(28,29)24-12-9-20(26)22-10-4-11-23-21(27)17-5-3-6-18(25)14-17/h3,5-8,13-14,24-25H,4,9-12H2,1-2H3,(H,22,26)(H,23,27). The van der Waals surface area contributed by atoms with Gasteiger partial charge in [-0.25, -0.2) is 13.1 Å². The van der Waals surface area contributed by atoms with E-state index in [2.05, 4.69) is 15.4 Å². The van der Waals surface area contributed by atoms with Crippen LogP contribution < -0.4 is 15.4 Å². The summed E-state index contributed by atoms with van der Waals surface area (Å²) in [5.41, 5.74) is 1.98. The summed E-state index contributed by atoms with van der Waals surface area (Å²) in [7, 11) is -3.67. The third kappa shape index (κ3) is 7.16. The van der Waals surface area contributed by atoms with Crippen LogP contribution in [0.15, 0.2) is 47.4 Å². The molecule has 2 aromatic carbocycles. The van der Waals surface area contributed by atoms with Gasteiger partial charge < -0.3 is 15.7 Å². The molecule has 2 amide bonds. The molecule has 0 unspecified atom stereocenters. The van der Waals surface area contributed by atoms with Gasteiger partial charge in [-0.15, -0.1) is 0 Å². The first kappa shape index (κ1) is 23.4. The maximum Gasteiger partial charge on any atom is 0.251 e. The zero-order valence-corrected chi connectivity index (χ0v) is 17.9. The Hall–Kier alpha value is -2.91. The Morgan fingerprint density at radius 1 is 0.967 bits per heavy atom. The lowest BCUT2D eigenvalue weighted by Gasteiger charge is -2.10. The molecular formula is C21H27N3O5S. The molecule has 0 saturated carbocycles. The maximum atomic E-state index is 12.3. The topological polar surface area (TPSA) is 125 Å². The molecule has 9 heteroatoms. The molecule has 0 bridgehead atoms. The van der Waals surface area contributed by atoms with Gasteiger partial charge in [-0.1, -0.05) is 23.8 Å². The first-order valence-electron chi connectivity index (χ1n) is 9.60. The Labute approximate surface area is 176 Å². The van der Waals surface area contributed by atoms with Crippen LogP contribution in [0.2, 0.25) is 0 Å². The minimum absolute atomic E-state index is 0.00425. The molecule has 0 radical (unpaired) electrons. The molecule has 4 N–H and O–H groups in total. The average Bonchev–Trinajstić information content (AvgIpc) is 2.67. The Balaban J connectivity index is 1.65. The monoisotopic (exact) mass is 433 g/mol. The zero-order chi connectivity index (χ0) is 22.1. The molecular weight excluding hydrogens is 406 g/mol. The van der Waals surface area contributed by atoms with Crippen LogP contribution in [-0.4, -0.2) is 45.0 Å². The fourth-order valence-corrected chi connectivity index (χ4v) is 4.09. The van der Waals surface area contributed by atoms with Gasteiger partial charge >= 0.3 is 0 Å². The number of aromatic hydroxyl groups is 1. The summed E-state index contributed by atoms with van der Waals surface area (Å²) in [6.45, 7) is 4.32. The molecule has 0 fully saturated rings. The van der Waals surface area contributed by atoms with Crippen molar-refractivity contribution in [2.24, 2.45) is 0 Å². The van der Waals surface area contributed by atoms with E-state index < -0.39 is 10.0 Å². The van der Waals surface area contributed by atoms with E-state index in [1.54, 1.807) is 37.3 Å². The average molecular weight is 434 g/mol. The van der Waals surface area contributed by atoms with Crippen molar-refractivity contribution in [3.8, 4) is 5.75 Å². The maximum absolute atomic E-state index is 12.3. The molecule has 0 heterocycles. The molecule has 2 rings (SSSR count). The van der Waals surface area contributed by atoms with Gasteiger partial charge in [0.05, 0.1) is 4.90 Å². The molecule has 162 valence electrons. The third-order valence-corrected chi connectivity index (χ3v) is 5.95. The highest BCUT2D eigenvalue weighted by atomic mass is 32.2. The van der Waals surface area contributed by atoms with Crippen molar-refractivity contribution in [3.63, 3.8) is 0 Å². The highest BCUT2D eigenvalue weighted by Gasteiger charge is 2.16. The molecule has 2 aromatic rings. The summed E-state index contributed by atoms with van der Waals surface area (Å²) in [4.78, 5) is 24.0. The van der Waals surface area contributed by atoms with E-state index in [4.69, 9.17) is 0 Å². The molecule has 0 saturated heterocycles. The van der Waals surface area contributed by atoms with Gasteiger partial charge in [0.1, 0.15) is 5.75 Å². The Bertz CT molecular complexity index is 1010. The number of nitrogens with one attached hydrogen (secondary N) is 3. The second-order valence-electron chi connectivity index (χ2n) is 6.93. The number of benzene rings is 2. The van der Waals surface area contributed by atoms with Crippen molar-refractivity contribution >= 4 is 21.8 Å². The van der Waals surface area contributed by atoms with E-state index >= 15 is 0 Å². The van der Waals surface area contributed by atoms with Crippen LogP contribution >= 0.6 is 0 Å². The number of rotatable bonds is 10. The molecule has 0 aliphatic rings. The number of carbonyl (C=O) groups is 2. The quantitative estimate of drug-likeness (QED) is 0.424. The van der Waals surface area contributed by atoms with Crippen molar-refractivity contribution in [2.45, 2.75) is 31.6 Å². The van der Waals surface area contributed by atoms with E-state index in [1.807, 2.05) is 6.92 Å². The van der Waals surface area contributed by atoms with Gasteiger partial charge in [-0.3, -0.25) is 9.59 Å². The fourth-order valence-electron chi connectivity index (χ4n) is 2.83. The number of carbonyl (C=O) groups excluding carboxylic acids is 2. The lowest BCUT2D eigenvalue weighted by molar-refractivity contribution is -0.120. The number of phenols is 1. The lowest BCUT2D eigenvalue weighted by Crippen LogP contribution is -2.33. The van der Waals surface area contributed by atoms with Crippen LogP contribution in [0.4, 0.5) is 0 Å². The molecule has 8 nitrogen and oxygen atoms in total. The molecule has 0 aromatic heterocycles. The highest BCUT2D eigenvalue weighted by Crippen LogP contribution is 2.16. The fraction of sp³-hybridized carbons (Fsp3) is 0.333. The molecule has 0 aliphatic carbocycles. The Morgan fingerprint density at radius 3 is 2.40 bits per heavy atom. The normalized spacial score (nSPS) is 11.1. The molecule has 0 aliphatic heterocycles. The van der Waals surface area contributed by atoms with Gasteiger partial charge in [-0.05, 0) is 50.1 Å². The summed E-state index contributed by atoms with van der Waals surface area (Å²) >= 11 is 0. The van der Waals surface area contributed by atoms with Gasteiger partial charge in [-0.2, -0.15) is 0 Å².